The van der Waals surface area contributed by atoms with Crippen LogP contribution in [0.3, 0.4) is 0 Å². The number of ether oxygens (including phenoxy) is 1. The molecule has 2 N–H and O–H groups in total. The van der Waals surface area contributed by atoms with Crippen LogP contribution in [0.15, 0.2) is 11.1 Å². The molecule has 9 atom stereocenters. The highest BCUT2D eigenvalue weighted by atomic mass is 32.2. The van der Waals surface area contributed by atoms with E-state index in [1.54, 1.807) is 17.5 Å². The zero-order valence-electron chi connectivity index (χ0n) is 22.1. The summed E-state index contributed by atoms with van der Waals surface area (Å²) in [5.41, 5.74) is 4.41. The summed E-state index contributed by atoms with van der Waals surface area (Å²) in [6, 6.07) is 0.601. The number of hydrogen-bond donors (Lipinski definition) is 2. The van der Waals surface area contributed by atoms with Gasteiger partial charge in [0.1, 0.15) is 0 Å². The molecule has 3 saturated carbocycles. The molecule has 33 heavy (non-hydrogen) atoms. The van der Waals surface area contributed by atoms with Crippen LogP contribution in [0.2, 0.25) is 0 Å². The average Bonchev–Trinajstić information content (AvgIpc) is 3.29. The van der Waals surface area contributed by atoms with Crippen LogP contribution in [0, 0.1) is 35.0 Å². The van der Waals surface area contributed by atoms with E-state index in [0.29, 0.717) is 23.5 Å². The van der Waals surface area contributed by atoms with Gasteiger partial charge in [0.2, 0.25) is 0 Å². The summed E-state index contributed by atoms with van der Waals surface area (Å²) in [5.74, 6) is 4.53. The molecule has 0 aromatic rings. The van der Waals surface area contributed by atoms with Crippen LogP contribution in [-0.2, 0) is 4.74 Å². The Bertz CT molecular complexity index is 737. The van der Waals surface area contributed by atoms with Crippen molar-refractivity contribution < 1.29 is 4.74 Å². The van der Waals surface area contributed by atoms with Gasteiger partial charge in [-0.25, -0.2) is 0 Å². The third-order valence-electron chi connectivity index (χ3n) is 11.5. The van der Waals surface area contributed by atoms with Crippen LogP contribution < -0.4 is 10.0 Å². The van der Waals surface area contributed by atoms with Crippen LogP contribution in [0.4, 0.5) is 0 Å². The Hall–Kier alpha value is -0.0300. The van der Waals surface area contributed by atoms with Crippen LogP contribution >= 0.6 is 11.9 Å². The second-order valence-corrected chi connectivity index (χ2v) is 13.5. The molecule has 6 rings (SSSR count). The van der Waals surface area contributed by atoms with Crippen LogP contribution in [-0.4, -0.2) is 37.6 Å². The van der Waals surface area contributed by atoms with Gasteiger partial charge in [-0.15, -0.1) is 0 Å². The van der Waals surface area contributed by atoms with E-state index >= 15 is 0 Å². The minimum absolute atomic E-state index is 0.121. The number of piperidine rings is 1. The summed E-state index contributed by atoms with van der Waals surface area (Å²) >= 11 is 1.61. The first-order chi connectivity index (χ1) is 15.9. The van der Waals surface area contributed by atoms with Crippen molar-refractivity contribution in [3.05, 3.63) is 11.1 Å². The van der Waals surface area contributed by atoms with Crippen molar-refractivity contribution in [2.75, 3.05) is 19.8 Å². The van der Waals surface area contributed by atoms with E-state index in [4.69, 9.17) is 4.74 Å². The number of rotatable bonds is 1. The van der Waals surface area contributed by atoms with Crippen molar-refractivity contribution in [1.29, 1.82) is 0 Å². The molecule has 0 radical (unpaired) electrons. The number of fused-ring (bicyclic) bond motifs is 6. The van der Waals surface area contributed by atoms with Gasteiger partial charge in [-0.05, 0) is 120 Å². The molecule has 0 amide bonds. The highest BCUT2D eigenvalue weighted by Crippen LogP contribution is 2.65. The first-order valence-electron chi connectivity index (χ1n) is 14.2. The second-order valence-electron chi connectivity index (χ2n) is 12.7. The molecule has 6 aliphatic rings. The monoisotopic (exact) mass is 474 g/mol. The van der Waals surface area contributed by atoms with E-state index in [1.165, 1.54) is 83.6 Å². The summed E-state index contributed by atoms with van der Waals surface area (Å²) in [4.78, 5) is 0. The maximum Gasteiger partial charge on any atom is 0.0765 e. The van der Waals surface area contributed by atoms with Gasteiger partial charge in [0.25, 0.3) is 0 Å². The molecule has 3 nitrogen and oxygen atoms in total. The predicted octanol–water partition coefficient (Wildman–Crippen LogP) is 6.74. The number of hydrogen-bond acceptors (Lipinski definition) is 4. The summed E-state index contributed by atoms with van der Waals surface area (Å²) in [6.45, 7) is 8.89. The van der Waals surface area contributed by atoms with E-state index in [-0.39, 0.29) is 5.60 Å². The molecule has 2 saturated heterocycles. The van der Waals surface area contributed by atoms with E-state index < -0.39 is 0 Å². The summed E-state index contributed by atoms with van der Waals surface area (Å²) in [5, 5.41) is 3.83. The third-order valence-corrected chi connectivity index (χ3v) is 11.9. The fourth-order valence-electron chi connectivity index (χ4n) is 9.66. The van der Waals surface area contributed by atoms with Crippen molar-refractivity contribution in [1.82, 2.24) is 10.0 Å². The second kappa shape index (κ2) is 9.79. The summed E-state index contributed by atoms with van der Waals surface area (Å²) in [7, 11) is 1.89. The molecule has 5 fully saturated rings. The normalized spacial score (nSPS) is 48.8. The smallest absolute Gasteiger partial charge is 0.0765 e. The molecule has 0 aromatic carbocycles. The van der Waals surface area contributed by atoms with Crippen molar-refractivity contribution in [3.63, 3.8) is 0 Å². The molecular weight excluding hydrogens is 424 g/mol. The molecule has 4 aliphatic carbocycles. The summed E-state index contributed by atoms with van der Waals surface area (Å²) in [6.07, 6.45) is 19.4. The van der Waals surface area contributed by atoms with Crippen molar-refractivity contribution in [2.24, 2.45) is 35.0 Å². The lowest BCUT2D eigenvalue weighted by molar-refractivity contribution is -0.0707. The SMILES string of the molecule is CC1=C2CC3C(CCC4CCCCC43C)C2CCC2(C1)OC1CCCNC1C2C.CNSC. The Morgan fingerprint density at radius 3 is 2.64 bits per heavy atom. The molecule has 0 aromatic heterocycles. The van der Waals surface area contributed by atoms with E-state index in [1.807, 2.05) is 18.9 Å². The number of allylic oxidation sites excluding steroid dienone is 1. The minimum Gasteiger partial charge on any atom is -0.369 e. The topological polar surface area (TPSA) is 33.3 Å². The quantitative estimate of drug-likeness (QED) is 0.326. The van der Waals surface area contributed by atoms with Gasteiger partial charge >= 0.3 is 0 Å². The largest absolute Gasteiger partial charge is 0.369 e. The van der Waals surface area contributed by atoms with Gasteiger partial charge in [-0.2, -0.15) is 0 Å². The Morgan fingerprint density at radius 1 is 1.06 bits per heavy atom. The first-order valence-corrected chi connectivity index (χ1v) is 15.5. The van der Waals surface area contributed by atoms with Crippen LogP contribution in [0.1, 0.15) is 97.8 Å². The van der Waals surface area contributed by atoms with Gasteiger partial charge in [0, 0.05) is 12.0 Å². The minimum atomic E-state index is 0.121. The molecule has 9 unspecified atom stereocenters. The lowest BCUT2D eigenvalue weighted by Crippen LogP contribution is -2.46. The molecule has 0 bridgehead atoms. The van der Waals surface area contributed by atoms with Gasteiger partial charge in [0.05, 0.1) is 11.7 Å². The van der Waals surface area contributed by atoms with Crippen LogP contribution in [0.25, 0.3) is 0 Å². The predicted molar refractivity (Wildman–Crippen MR) is 141 cm³/mol. The molecule has 1 spiro atoms. The molecule has 2 heterocycles. The average molecular weight is 475 g/mol. The Labute approximate surface area is 208 Å². The fraction of sp³-hybridized carbons (Fsp3) is 0.931. The van der Waals surface area contributed by atoms with E-state index in [0.717, 1.165) is 23.7 Å². The van der Waals surface area contributed by atoms with Gasteiger partial charge in [-0.3, -0.25) is 4.72 Å². The maximum atomic E-state index is 6.97. The van der Waals surface area contributed by atoms with E-state index in [2.05, 4.69) is 30.8 Å². The number of nitrogens with one attached hydrogen (secondary N) is 2. The van der Waals surface area contributed by atoms with Crippen molar-refractivity contribution >= 4 is 11.9 Å². The first kappa shape index (κ1) is 24.7. The Kier molecular flexibility index (Phi) is 7.31. The third kappa shape index (κ3) is 4.17. The zero-order valence-corrected chi connectivity index (χ0v) is 22.9. The maximum absolute atomic E-state index is 6.97. The van der Waals surface area contributed by atoms with Gasteiger partial charge < -0.3 is 10.1 Å². The Morgan fingerprint density at radius 2 is 1.88 bits per heavy atom. The van der Waals surface area contributed by atoms with Crippen LogP contribution in [0.5, 0.6) is 0 Å². The highest BCUT2D eigenvalue weighted by molar-refractivity contribution is 7.96. The lowest BCUT2D eigenvalue weighted by Gasteiger charge is -2.52. The fourth-order valence-corrected chi connectivity index (χ4v) is 9.66. The van der Waals surface area contributed by atoms with E-state index in [9.17, 15) is 0 Å². The standard InChI is InChI=1S/C27H43NO.C2H7NS/c1-17-16-27(18(2)25-24(29-27)8-6-14-28-25)13-11-20-21-10-9-19-7-4-5-12-26(19,3)23(21)15-22(17)20;1-3-4-2/h18-21,23-25,28H,4-16H2,1-3H3;3H,1-2H3. The van der Waals surface area contributed by atoms with Crippen molar-refractivity contribution in [2.45, 2.75) is 116 Å². The molecule has 188 valence electrons. The van der Waals surface area contributed by atoms with Gasteiger partial charge in [-0.1, -0.05) is 49.8 Å². The van der Waals surface area contributed by atoms with Gasteiger partial charge in [0.15, 0.2) is 0 Å². The molecule has 2 aliphatic heterocycles. The van der Waals surface area contributed by atoms with Crippen molar-refractivity contribution in [3.8, 4) is 0 Å². The highest BCUT2D eigenvalue weighted by Gasteiger charge is 2.58. The molecular formula is C29H50N2OS. The zero-order chi connectivity index (χ0) is 23.2. The summed E-state index contributed by atoms with van der Waals surface area (Å²) < 4.78 is 9.81. The lowest BCUT2D eigenvalue weighted by atomic mass is 9.52. The molecule has 4 heteroatoms. The Balaban J connectivity index is 0.000000531.